The number of benzene rings is 1. The molecule has 0 saturated heterocycles. The van der Waals surface area contributed by atoms with Crippen LogP contribution in [-0.4, -0.2) is 12.6 Å². The smallest absolute Gasteiger partial charge is 0.138 e. The van der Waals surface area contributed by atoms with Gasteiger partial charge in [-0.15, -0.1) is 0 Å². The van der Waals surface area contributed by atoms with Crippen molar-refractivity contribution in [2.75, 3.05) is 6.61 Å². The molecule has 1 fully saturated rings. The van der Waals surface area contributed by atoms with Crippen molar-refractivity contribution in [1.82, 2.24) is 5.32 Å². The lowest BCUT2D eigenvalue weighted by Gasteiger charge is -2.23. The lowest BCUT2D eigenvalue weighted by Crippen LogP contribution is -2.30. The molecule has 0 aliphatic heterocycles. The Balaban J connectivity index is 2.04. The van der Waals surface area contributed by atoms with Crippen LogP contribution < -0.4 is 10.1 Å². The van der Waals surface area contributed by atoms with Gasteiger partial charge in [-0.1, -0.05) is 35.2 Å². The van der Waals surface area contributed by atoms with Crippen molar-refractivity contribution in [2.24, 2.45) is 0 Å². The maximum absolute atomic E-state index is 5.75. The highest BCUT2D eigenvalue weighted by Crippen LogP contribution is 2.33. The average molecular weight is 391 g/mol. The van der Waals surface area contributed by atoms with Crippen molar-refractivity contribution in [3.8, 4) is 5.75 Å². The van der Waals surface area contributed by atoms with Gasteiger partial charge in [0.1, 0.15) is 5.75 Å². The predicted molar refractivity (Wildman–Crippen MR) is 86.7 cm³/mol. The number of halogens is 2. The normalized spacial score (nSPS) is 16.6. The third-order valence-corrected chi connectivity index (χ3v) is 4.61. The van der Waals surface area contributed by atoms with Gasteiger partial charge in [-0.05, 0) is 47.8 Å². The summed E-state index contributed by atoms with van der Waals surface area (Å²) >= 11 is 7.13. The first-order chi connectivity index (χ1) is 9.20. The average Bonchev–Trinajstić information content (AvgIpc) is 2.41. The molecule has 1 saturated carbocycles. The lowest BCUT2D eigenvalue weighted by molar-refractivity contribution is 0.328. The van der Waals surface area contributed by atoms with E-state index in [1.165, 1.54) is 37.7 Å². The Labute approximate surface area is 132 Å². The molecule has 19 heavy (non-hydrogen) atoms. The quantitative estimate of drug-likeness (QED) is 0.760. The number of hydrogen-bond acceptors (Lipinski definition) is 2. The van der Waals surface area contributed by atoms with Gasteiger partial charge in [-0.25, -0.2) is 0 Å². The van der Waals surface area contributed by atoms with Crippen LogP contribution in [0.25, 0.3) is 0 Å². The second-order valence-corrected chi connectivity index (χ2v) is 6.79. The van der Waals surface area contributed by atoms with Crippen LogP contribution in [-0.2, 0) is 6.54 Å². The van der Waals surface area contributed by atoms with Gasteiger partial charge in [-0.2, -0.15) is 0 Å². The molecule has 4 heteroatoms. The SMILES string of the molecule is CCOc1c(Br)cc(Br)cc1CNC1CCCCC1. The summed E-state index contributed by atoms with van der Waals surface area (Å²) in [6, 6.07) is 4.85. The second-order valence-electron chi connectivity index (χ2n) is 5.02. The highest BCUT2D eigenvalue weighted by Gasteiger charge is 2.15. The van der Waals surface area contributed by atoms with Crippen LogP contribution in [0.4, 0.5) is 0 Å². The van der Waals surface area contributed by atoms with Crippen LogP contribution in [0.5, 0.6) is 5.75 Å². The van der Waals surface area contributed by atoms with Gasteiger partial charge >= 0.3 is 0 Å². The predicted octanol–water partition coefficient (Wildman–Crippen LogP) is 5.03. The maximum Gasteiger partial charge on any atom is 0.138 e. The molecule has 1 aromatic rings. The molecule has 2 nitrogen and oxygen atoms in total. The Hall–Kier alpha value is -0.0600. The third kappa shape index (κ3) is 4.47. The van der Waals surface area contributed by atoms with Crippen molar-refractivity contribution in [2.45, 2.75) is 51.6 Å². The molecule has 1 aromatic carbocycles. The summed E-state index contributed by atoms with van der Waals surface area (Å²) in [5.41, 5.74) is 1.22. The number of ether oxygens (including phenoxy) is 1. The third-order valence-electron chi connectivity index (χ3n) is 3.56. The van der Waals surface area contributed by atoms with E-state index >= 15 is 0 Å². The Morgan fingerprint density at radius 3 is 2.63 bits per heavy atom. The molecule has 0 spiro atoms. The molecule has 106 valence electrons. The summed E-state index contributed by atoms with van der Waals surface area (Å²) in [6.07, 6.45) is 6.72. The first-order valence-corrected chi connectivity index (χ1v) is 8.63. The zero-order valence-electron chi connectivity index (χ0n) is 11.3. The number of nitrogens with one attached hydrogen (secondary N) is 1. The summed E-state index contributed by atoms with van der Waals surface area (Å²) in [4.78, 5) is 0. The first kappa shape index (κ1) is 15.3. The number of rotatable bonds is 5. The summed E-state index contributed by atoms with van der Waals surface area (Å²) in [7, 11) is 0. The molecular weight excluding hydrogens is 370 g/mol. The van der Waals surface area contributed by atoms with E-state index in [1.807, 2.05) is 13.0 Å². The maximum atomic E-state index is 5.75. The lowest BCUT2D eigenvalue weighted by atomic mass is 9.95. The van der Waals surface area contributed by atoms with Crippen molar-refractivity contribution in [3.63, 3.8) is 0 Å². The van der Waals surface area contributed by atoms with Crippen molar-refractivity contribution >= 4 is 31.9 Å². The zero-order chi connectivity index (χ0) is 13.7. The van der Waals surface area contributed by atoms with E-state index in [4.69, 9.17) is 4.74 Å². The van der Waals surface area contributed by atoms with Crippen LogP contribution in [0.15, 0.2) is 21.1 Å². The van der Waals surface area contributed by atoms with E-state index in [2.05, 4.69) is 43.2 Å². The Kier molecular flexibility index (Phi) is 6.17. The van der Waals surface area contributed by atoms with Crippen LogP contribution in [0, 0.1) is 0 Å². The molecule has 0 heterocycles. The summed E-state index contributed by atoms with van der Waals surface area (Å²) in [5, 5.41) is 3.67. The van der Waals surface area contributed by atoms with E-state index in [-0.39, 0.29) is 0 Å². The van der Waals surface area contributed by atoms with Gasteiger partial charge in [-0.3, -0.25) is 0 Å². The fourth-order valence-electron chi connectivity index (χ4n) is 2.61. The van der Waals surface area contributed by atoms with E-state index in [1.54, 1.807) is 0 Å². The van der Waals surface area contributed by atoms with Crippen molar-refractivity contribution < 1.29 is 4.74 Å². The number of hydrogen-bond donors (Lipinski definition) is 1. The minimum absolute atomic E-state index is 0.668. The van der Waals surface area contributed by atoms with Crippen LogP contribution in [0.1, 0.15) is 44.6 Å². The van der Waals surface area contributed by atoms with Gasteiger partial charge in [0.2, 0.25) is 0 Å². The Bertz CT molecular complexity index is 417. The van der Waals surface area contributed by atoms with Gasteiger partial charge in [0, 0.05) is 22.6 Å². The minimum atomic E-state index is 0.668. The topological polar surface area (TPSA) is 21.3 Å². The molecule has 0 aromatic heterocycles. The monoisotopic (exact) mass is 389 g/mol. The summed E-state index contributed by atoms with van der Waals surface area (Å²) in [6.45, 7) is 3.58. The summed E-state index contributed by atoms with van der Waals surface area (Å²) in [5.74, 6) is 0.967. The fourth-order valence-corrected chi connectivity index (χ4v) is 4.04. The van der Waals surface area contributed by atoms with Gasteiger partial charge in [0.25, 0.3) is 0 Å². The first-order valence-electron chi connectivity index (χ1n) is 7.04. The van der Waals surface area contributed by atoms with Crippen molar-refractivity contribution in [3.05, 3.63) is 26.6 Å². The Morgan fingerprint density at radius 2 is 1.95 bits per heavy atom. The Morgan fingerprint density at radius 1 is 1.21 bits per heavy atom. The van der Waals surface area contributed by atoms with E-state index in [0.717, 1.165) is 21.2 Å². The summed E-state index contributed by atoms with van der Waals surface area (Å²) < 4.78 is 7.86. The molecular formula is C15H21Br2NO. The van der Waals surface area contributed by atoms with E-state index < -0.39 is 0 Å². The highest BCUT2D eigenvalue weighted by atomic mass is 79.9. The molecule has 0 amide bonds. The van der Waals surface area contributed by atoms with Crippen molar-refractivity contribution in [1.29, 1.82) is 0 Å². The highest BCUT2D eigenvalue weighted by molar-refractivity contribution is 9.11. The molecule has 1 aliphatic rings. The van der Waals surface area contributed by atoms with E-state index in [9.17, 15) is 0 Å². The van der Waals surface area contributed by atoms with Crippen LogP contribution in [0.2, 0.25) is 0 Å². The molecule has 1 aliphatic carbocycles. The van der Waals surface area contributed by atoms with Crippen LogP contribution >= 0.6 is 31.9 Å². The second kappa shape index (κ2) is 7.65. The minimum Gasteiger partial charge on any atom is -0.492 e. The molecule has 0 atom stereocenters. The van der Waals surface area contributed by atoms with E-state index in [0.29, 0.717) is 12.6 Å². The fraction of sp³-hybridized carbons (Fsp3) is 0.600. The van der Waals surface area contributed by atoms with Gasteiger partial charge < -0.3 is 10.1 Å². The van der Waals surface area contributed by atoms with Gasteiger partial charge in [0.15, 0.2) is 0 Å². The molecule has 0 radical (unpaired) electrons. The molecule has 1 N–H and O–H groups in total. The largest absolute Gasteiger partial charge is 0.492 e. The molecule has 0 unspecified atom stereocenters. The molecule has 0 bridgehead atoms. The standard InChI is InChI=1S/C15H21Br2NO/c1-2-19-15-11(8-12(16)9-14(15)17)10-18-13-6-4-3-5-7-13/h8-9,13,18H,2-7,10H2,1H3. The molecule has 2 rings (SSSR count). The van der Waals surface area contributed by atoms with Gasteiger partial charge in [0.05, 0.1) is 11.1 Å². The zero-order valence-corrected chi connectivity index (χ0v) is 14.5. The van der Waals surface area contributed by atoms with Crippen LogP contribution in [0.3, 0.4) is 0 Å².